The summed E-state index contributed by atoms with van der Waals surface area (Å²) in [4.78, 5) is 8.10. The first-order valence-corrected chi connectivity index (χ1v) is 5.12. The molecule has 2 heterocycles. The van der Waals surface area contributed by atoms with E-state index in [4.69, 9.17) is 5.73 Å². The molecule has 0 aromatic carbocycles. The third-order valence-electron chi connectivity index (χ3n) is 2.64. The second-order valence-corrected chi connectivity index (χ2v) is 3.85. The molecule has 0 aliphatic carbocycles. The van der Waals surface area contributed by atoms with Gasteiger partial charge >= 0.3 is 0 Å². The van der Waals surface area contributed by atoms with Crippen molar-refractivity contribution in [1.29, 1.82) is 0 Å². The van der Waals surface area contributed by atoms with Crippen LogP contribution in [0.5, 0.6) is 0 Å². The third kappa shape index (κ3) is 2.42. The number of anilines is 1. The molecule has 3 N–H and O–H groups in total. The quantitative estimate of drug-likeness (QED) is 0.720. The number of nitrogens with one attached hydrogen (secondary N) is 1. The summed E-state index contributed by atoms with van der Waals surface area (Å²) in [5, 5.41) is 3.40. The molecule has 2 rings (SSSR count). The van der Waals surface area contributed by atoms with E-state index in [2.05, 4.69) is 15.3 Å². The molecule has 1 fully saturated rings. The molecule has 4 heteroatoms. The second kappa shape index (κ2) is 4.37. The molecule has 4 nitrogen and oxygen atoms in total. The summed E-state index contributed by atoms with van der Waals surface area (Å²) in [6.45, 7) is 2.26. The van der Waals surface area contributed by atoms with Gasteiger partial charge in [0.2, 0.25) is 0 Å². The summed E-state index contributed by atoms with van der Waals surface area (Å²) in [5.41, 5.74) is 6.66. The van der Waals surface area contributed by atoms with Gasteiger partial charge in [-0.15, -0.1) is 0 Å². The lowest BCUT2D eigenvalue weighted by molar-refractivity contribution is 0.373. The van der Waals surface area contributed by atoms with Gasteiger partial charge in [-0.3, -0.25) is 0 Å². The summed E-state index contributed by atoms with van der Waals surface area (Å²) in [5.74, 6) is 1.27. The van der Waals surface area contributed by atoms with Gasteiger partial charge in [0.1, 0.15) is 12.1 Å². The Kier molecular flexibility index (Phi) is 2.93. The van der Waals surface area contributed by atoms with Crippen molar-refractivity contribution >= 4 is 5.82 Å². The first-order valence-electron chi connectivity index (χ1n) is 5.12. The zero-order valence-electron chi connectivity index (χ0n) is 8.24. The molecular formula is C10H16N4. The van der Waals surface area contributed by atoms with Crippen molar-refractivity contribution in [2.45, 2.75) is 19.3 Å². The van der Waals surface area contributed by atoms with E-state index in [1.807, 2.05) is 6.07 Å². The summed E-state index contributed by atoms with van der Waals surface area (Å²) in [6, 6.07) is 1.87. The standard InChI is InChI=1S/C10H16N4/c11-10-5-9(13-7-14-10)4-8-2-1-3-12-6-8/h5,7-8,12H,1-4,6H2,(H2,11,13,14). The van der Waals surface area contributed by atoms with Crippen LogP contribution < -0.4 is 11.1 Å². The monoisotopic (exact) mass is 192 g/mol. The zero-order chi connectivity index (χ0) is 9.80. The number of aromatic nitrogens is 2. The highest BCUT2D eigenvalue weighted by Crippen LogP contribution is 2.15. The van der Waals surface area contributed by atoms with Crippen molar-refractivity contribution in [3.63, 3.8) is 0 Å². The molecule has 0 radical (unpaired) electrons. The molecule has 14 heavy (non-hydrogen) atoms. The van der Waals surface area contributed by atoms with Gasteiger partial charge in [-0.2, -0.15) is 0 Å². The van der Waals surface area contributed by atoms with E-state index < -0.39 is 0 Å². The van der Waals surface area contributed by atoms with Crippen LogP contribution in [0.4, 0.5) is 5.82 Å². The predicted octanol–water partition coefficient (Wildman–Crippen LogP) is 0.601. The first-order chi connectivity index (χ1) is 6.84. The van der Waals surface area contributed by atoms with E-state index in [0.717, 1.165) is 25.2 Å². The summed E-state index contributed by atoms with van der Waals surface area (Å²) in [6.07, 6.45) is 5.11. The first kappa shape index (κ1) is 9.40. The molecule has 0 amide bonds. The lowest BCUT2D eigenvalue weighted by Gasteiger charge is -2.22. The number of hydrogen-bond acceptors (Lipinski definition) is 4. The van der Waals surface area contributed by atoms with Crippen LogP contribution >= 0.6 is 0 Å². The number of nitrogens with zero attached hydrogens (tertiary/aromatic N) is 2. The molecule has 1 aromatic rings. The maximum atomic E-state index is 5.60. The van der Waals surface area contributed by atoms with Crippen molar-refractivity contribution < 1.29 is 0 Å². The maximum absolute atomic E-state index is 5.60. The fourth-order valence-electron chi connectivity index (χ4n) is 1.92. The van der Waals surface area contributed by atoms with Crippen LogP contribution in [0.1, 0.15) is 18.5 Å². The minimum Gasteiger partial charge on any atom is -0.384 e. The molecule has 1 aromatic heterocycles. The summed E-state index contributed by atoms with van der Waals surface area (Å²) < 4.78 is 0. The fourth-order valence-corrected chi connectivity index (χ4v) is 1.92. The van der Waals surface area contributed by atoms with Gasteiger partial charge < -0.3 is 11.1 Å². The number of rotatable bonds is 2. The smallest absolute Gasteiger partial charge is 0.126 e. The van der Waals surface area contributed by atoms with E-state index in [1.165, 1.54) is 12.8 Å². The summed E-state index contributed by atoms with van der Waals surface area (Å²) >= 11 is 0. The Morgan fingerprint density at radius 1 is 1.50 bits per heavy atom. The van der Waals surface area contributed by atoms with Gasteiger partial charge in [-0.05, 0) is 38.3 Å². The minimum atomic E-state index is 0.568. The van der Waals surface area contributed by atoms with Crippen LogP contribution in [0.15, 0.2) is 12.4 Å². The number of nitrogen functional groups attached to an aromatic ring is 1. The van der Waals surface area contributed by atoms with Crippen LogP contribution in [0, 0.1) is 5.92 Å². The predicted molar refractivity (Wildman–Crippen MR) is 55.7 cm³/mol. The molecule has 1 aliphatic heterocycles. The van der Waals surface area contributed by atoms with Crippen molar-refractivity contribution in [2.24, 2.45) is 5.92 Å². The van der Waals surface area contributed by atoms with Gasteiger partial charge in [-0.25, -0.2) is 9.97 Å². The topological polar surface area (TPSA) is 63.8 Å². The van der Waals surface area contributed by atoms with Crippen LogP contribution in [0.3, 0.4) is 0 Å². The lowest BCUT2D eigenvalue weighted by atomic mass is 9.94. The Balaban J connectivity index is 1.95. The molecule has 0 saturated carbocycles. The van der Waals surface area contributed by atoms with E-state index in [1.54, 1.807) is 6.33 Å². The normalized spacial score (nSPS) is 22.1. The Hall–Kier alpha value is -1.16. The average molecular weight is 192 g/mol. The number of piperidine rings is 1. The highest BCUT2D eigenvalue weighted by molar-refractivity contribution is 5.27. The van der Waals surface area contributed by atoms with Crippen molar-refractivity contribution in [3.05, 3.63) is 18.1 Å². The van der Waals surface area contributed by atoms with Crippen molar-refractivity contribution in [3.8, 4) is 0 Å². The Morgan fingerprint density at radius 3 is 3.14 bits per heavy atom. The van der Waals surface area contributed by atoms with Gasteiger partial charge in [-0.1, -0.05) is 0 Å². The molecule has 0 spiro atoms. The van der Waals surface area contributed by atoms with Gasteiger partial charge in [0.05, 0.1) is 0 Å². The SMILES string of the molecule is Nc1cc(CC2CCCNC2)ncn1. The van der Waals surface area contributed by atoms with Crippen LogP contribution in [-0.4, -0.2) is 23.1 Å². The van der Waals surface area contributed by atoms with Crippen molar-refractivity contribution in [2.75, 3.05) is 18.8 Å². The van der Waals surface area contributed by atoms with E-state index in [0.29, 0.717) is 11.7 Å². The molecular weight excluding hydrogens is 176 g/mol. The summed E-state index contributed by atoms with van der Waals surface area (Å²) in [7, 11) is 0. The molecule has 1 saturated heterocycles. The van der Waals surface area contributed by atoms with Crippen molar-refractivity contribution in [1.82, 2.24) is 15.3 Å². The highest BCUT2D eigenvalue weighted by atomic mass is 14.9. The van der Waals surface area contributed by atoms with Gasteiger partial charge in [0, 0.05) is 11.8 Å². The fraction of sp³-hybridized carbons (Fsp3) is 0.600. The van der Waals surface area contributed by atoms with E-state index in [-0.39, 0.29) is 0 Å². The van der Waals surface area contributed by atoms with E-state index in [9.17, 15) is 0 Å². The molecule has 76 valence electrons. The molecule has 1 aliphatic rings. The van der Waals surface area contributed by atoms with Crippen LogP contribution in [0.2, 0.25) is 0 Å². The maximum Gasteiger partial charge on any atom is 0.126 e. The van der Waals surface area contributed by atoms with Gasteiger partial charge in [0.25, 0.3) is 0 Å². The molecule has 1 unspecified atom stereocenters. The Bertz CT molecular complexity index is 294. The van der Waals surface area contributed by atoms with Crippen LogP contribution in [0.25, 0.3) is 0 Å². The number of hydrogen-bond donors (Lipinski definition) is 2. The zero-order valence-corrected chi connectivity index (χ0v) is 8.24. The Morgan fingerprint density at radius 2 is 2.43 bits per heavy atom. The Labute approximate surface area is 83.9 Å². The highest BCUT2D eigenvalue weighted by Gasteiger charge is 2.13. The molecule has 1 atom stereocenters. The molecule has 0 bridgehead atoms. The lowest BCUT2D eigenvalue weighted by Crippen LogP contribution is -2.31. The van der Waals surface area contributed by atoms with E-state index >= 15 is 0 Å². The average Bonchev–Trinajstić information content (AvgIpc) is 2.19. The van der Waals surface area contributed by atoms with Gasteiger partial charge in [0.15, 0.2) is 0 Å². The second-order valence-electron chi connectivity index (χ2n) is 3.85. The number of nitrogens with two attached hydrogens (primary N) is 1. The minimum absolute atomic E-state index is 0.568. The van der Waals surface area contributed by atoms with Crippen LogP contribution in [-0.2, 0) is 6.42 Å². The third-order valence-corrected chi connectivity index (χ3v) is 2.64. The largest absolute Gasteiger partial charge is 0.384 e.